The molecule has 1 atom stereocenters. The van der Waals surface area contributed by atoms with E-state index >= 15 is 0 Å². The van der Waals surface area contributed by atoms with Crippen molar-refractivity contribution in [1.82, 2.24) is 4.90 Å². The van der Waals surface area contributed by atoms with E-state index in [-0.39, 0.29) is 11.3 Å². The van der Waals surface area contributed by atoms with Crippen molar-refractivity contribution in [2.75, 3.05) is 13.1 Å². The summed E-state index contributed by atoms with van der Waals surface area (Å²) in [7, 11) is 0. The van der Waals surface area contributed by atoms with E-state index in [1.807, 2.05) is 27.7 Å². The first-order valence-electron chi connectivity index (χ1n) is 6.35. The van der Waals surface area contributed by atoms with Crippen molar-refractivity contribution in [3.05, 3.63) is 0 Å². The lowest BCUT2D eigenvalue weighted by Gasteiger charge is -2.40. The summed E-state index contributed by atoms with van der Waals surface area (Å²) < 4.78 is 0. The second-order valence-electron chi connectivity index (χ2n) is 7.67. The van der Waals surface area contributed by atoms with Gasteiger partial charge in [0.05, 0.1) is 0 Å². The number of hydrogen-bond acceptors (Lipinski definition) is 3. The number of aliphatic hydroxyl groups excluding tert-OH is 1. The number of carbonyl (C=O) groups is 1. The van der Waals surface area contributed by atoms with Crippen molar-refractivity contribution in [3.8, 4) is 0 Å². The molecule has 1 N–H and O–H groups in total. The monoisotopic (exact) mass is 241 g/mol. The Morgan fingerprint density at radius 3 is 2.06 bits per heavy atom. The SMILES string of the molecule is CC1(C)CN(C(C)(C)C)CC(C)(C)C(O)C1=O. The Bertz CT molecular complexity index is 313. The molecule has 0 amide bonds. The van der Waals surface area contributed by atoms with E-state index in [0.717, 1.165) is 6.54 Å². The lowest BCUT2D eigenvalue weighted by molar-refractivity contribution is -0.139. The Morgan fingerprint density at radius 1 is 1.18 bits per heavy atom. The minimum Gasteiger partial charge on any atom is -0.385 e. The van der Waals surface area contributed by atoms with Gasteiger partial charge in [-0.25, -0.2) is 0 Å². The van der Waals surface area contributed by atoms with Gasteiger partial charge in [-0.1, -0.05) is 27.7 Å². The number of aliphatic hydroxyl groups is 1. The lowest BCUT2D eigenvalue weighted by atomic mass is 9.78. The second kappa shape index (κ2) is 4.06. The third-order valence-corrected chi connectivity index (χ3v) is 3.79. The standard InChI is InChI=1S/C14H27NO2/c1-12(2,3)15-8-13(4,5)10(16)11(17)14(6,7)9-15/h10,16H,8-9H2,1-7H3. The van der Waals surface area contributed by atoms with Gasteiger partial charge in [0.15, 0.2) is 5.78 Å². The molecule has 1 saturated heterocycles. The van der Waals surface area contributed by atoms with Crippen LogP contribution in [0.5, 0.6) is 0 Å². The van der Waals surface area contributed by atoms with Crippen LogP contribution in [-0.2, 0) is 4.79 Å². The van der Waals surface area contributed by atoms with Crippen molar-refractivity contribution in [2.24, 2.45) is 10.8 Å². The first kappa shape index (κ1) is 14.7. The summed E-state index contributed by atoms with van der Waals surface area (Å²) in [4.78, 5) is 14.6. The van der Waals surface area contributed by atoms with Crippen molar-refractivity contribution >= 4 is 5.78 Å². The molecule has 1 fully saturated rings. The van der Waals surface area contributed by atoms with Gasteiger partial charge in [0.25, 0.3) is 0 Å². The van der Waals surface area contributed by atoms with Crippen molar-refractivity contribution in [2.45, 2.75) is 60.1 Å². The van der Waals surface area contributed by atoms with Gasteiger partial charge in [-0.15, -0.1) is 0 Å². The Hall–Kier alpha value is -0.410. The molecule has 3 nitrogen and oxygen atoms in total. The summed E-state index contributed by atoms with van der Waals surface area (Å²) in [6.45, 7) is 15.7. The highest BCUT2D eigenvalue weighted by molar-refractivity contribution is 5.89. The van der Waals surface area contributed by atoms with E-state index in [4.69, 9.17) is 0 Å². The molecule has 0 aliphatic carbocycles. The molecule has 100 valence electrons. The zero-order chi connectivity index (χ0) is 13.6. The lowest BCUT2D eigenvalue weighted by Crippen LogP contribution is -2.48. The van der Waals surface area contributed by atoms with E-state index in [2.05, 4.69) is 25.7 Å². The van der Waals surface area contributed by atoms with Crippen LogP contribution in [0.4, 0.5) is 0 Å². The van der Waals surface area contributed by atoms with E-state index in [1.54, 1.807) is 0 Å². The Balaban J connectivity index is 3.15. The number of nitrogens with zero attached hydrogens (tertiary/aromatic N) is 1. The van der Waals surface area contributed by atoms with Gasteiger partial charge in [0.2, 0.25) is 0 Å². The summed E-state index contributed by atoms with van der Waals surface area (Å²) in [6, 6.07) is 0. The summed E-state index contributed by atoms with van der Waals surface area (Å²) in [6.07, 6.45) is -0.871. The first-order valence-corrected chi connectivity index (χ1v) is 6.35. The number of ketones is 1. The van der Waals surface area contributed by atoms with E-state index < -0.39 is 16.9 Å². The van der Waals surface area contributed by atoms with Gasteiger partial charge in [0.1, 0.15) is 6.10 Å². The van der Waals surface area contributed by atoms with Crippen LogP contribution >= 0.6 is 0 Å². The van der Waals surface area contributed by atoms with Crippen molar-refractivity contribution in [3.63, 3.8) is 0 Å². The summed E-state index contributed by atoms with van der Waals surface area (Å²) in [5, 5.41) is 10.2. The number of carbonyl (C=O) groups excluding carboxylic acids is 1. The highest BCUT2D eigenvalue weighted by atomic mass is 16.3. The maximum atomic E-state index is 12.3. The molecule has 1 aliphatic heterocycles. The summed E-state index contributed by atoms with van der Waals surface area (Å²) >= 11 is 0. The number of rotatable bonds is 0. The average Bonchev–Trinajstić information content (AvgIpc) is 2.16. The van der Waals surface area contributed by atoms with Crippen LogP contribution in [0.25, 0.3) is 0 Å². The normalized spacial score (nSPS) is 30.1. The molecule has 0 aromatic rings. The molecular formula is C14H27NO2. The molecule has 0 saturated carbocycles. The highest BCUT2D eigenvalue weighted by Crippen LogP contribution is 2.36. The zero-order valence-corrected chi connectivity index (χ0v) is 12.3. The van der Waals surface area contributed by atoms with E-state index in [1.165, 1.54) is 0 Å². The zero-order valence-electron chi connectivity index (χ0n) is 12.3. The van der Waals surface area contributed by atoms with Crippen LogP contribution in [0.2, 0.25) is 0 Å². The quantitative estimate of drug-likeness (QED) is 0.706. The predicted octanol–water partition coefficient (Wildman–Crippen LogP) is 2.08. The Kier molecular flexibility index (Phi) is 3.50. The van der Waals surface area contributed by atoms with Gasteiger partial charge in [-0.05, 0) is 20.8 Å². The minimum absolute atomic E-state index is 0.0128. The molecule has 0 spiro atoms. The average molecular weight is 241 g/mol. The van der Waals surface area contributed by atoms with Gasteiger partial charge in [-0.3, -0.25) is 9.69 Å². The first-order chi connectivity index (χ1) is 7.38. The predicted molar refractivity (Wildman–Crippen MR) is 69.9 cm³/mol. The molecule has 0 aromatic heterocycles. The van der Waals surface area contributed by atoms with Crippen molar-refractivity contribution < 1.29 is 9.90 Å². The number of hydrogen-bond donors (Lipinski definition) is 1. The topological polar surface area (TPSA) is 40.5 Å². The van der Waals surface area contributed by atoms with Gasteiger partial charge >= 0.3 is 0 Å². The third-order valence-electron chi connectivity index (χ3n) is 3.79. The molecule has 1 unspecified atom stereocenters. The third kappa shape index (κ3) is 2.89. The number of likely N-dealkylation sites (tertiary alicyclic amines) is 1. The van der Waals surface area contributed by atoms with Crippen LogP contribution in [-0.4, -0.2) is 40.5 Å². The fraction of sp³-hybridized carbons (Fsp3) is 0.929. The van der Waals surface area contributed by atoms with Gasteiger partial charge in [0, 0.05) is 29.5 Å². The maximum absolute atomic E-state index is 12.3. The molecule has 3 heteroatoms. The van der Waals surface area contributed by atoms with E-state index in [0.29, 0.717) is 6.54 Å². The molecule has 0 aromatic carbocycles. The maximum Gasteiger partial charge on any atom is 0.168 e. The smallest absolute Gasteiger partial charge is 0.168 e. The molecule has 17 heavy (non-hydrogen) atoms. The fourth-order valence-electron chi connectivity index (χ4n) is 2.39. The molecule has 0 bridgehead atoms. The van der Waals surface area contributed by atoms with Crippen LogP contribution in [0, 0.1) is 10.8 Å². The van der Waals surface area contributed by atoms with Crippen LogP contribution in [0.1, 0.15) is 48.5 Å². The van der Waals surface area contributed by atoms with Crippen LogP contribution < -0.4 is 0 Å². The largest absolute Gasteiger partial charge is 0.385 e. The minimum atomic E-state index is -0.871. The van der Waals surface area contributed by atoms with Crippen LogP contribution in [0.15, 0.2) is 0 Å². The van der Waals surface area contributed by atoms with Gasteiger partial charge < -0.3 is 5.11 Å². The highest BCUT2D eigenvalue weighted by Gasteiger charge is 2.47. The molecule has 1 aliphatic rings. The second-order valence-corrected chi connectivity index (χ2v) is 7.67. The van der Waals surface area contributed by atoms with Gasteiger partial charge in [-0.2, -0.15) is 0 Å². The molecular weight excluding hydrogens is 214 g/mol. The molecule has 1 rings (SSSR count). The van der Waals surface area contributed by atoms with Crippen LogP contribution in [0.3, 0.4) is 0 Å². The molecule has 1 heterocycles. The van der Waals surface area contributed by atoms with E-state index in [9.17, 15) is 9.90 Å². The Labute approximate surface area is 105 Å². The Morgan fingerprint density at radius 2 is 1.65 bits per heavy atom. The number of Topliss-reactive ketones (excluding diaryl/α,β-unsaturated/α-hetero) is 1. The van der Waals surface area contributed by atoms with Crippen molar-refractivity contribution in [1.29, 1.82) is 0 Å². The summed E-state index contributed by atoms with van der Waals surface area (Å²) in [5.74, 6) is -0.0331. The summed E-state index contributed by atoms with van der Waals surface area (Å²) in [5.41, 5.74) is -0.864. The molecule has 0 radical (unpaired) electrons. The fourth-order valence-corrected chi connectivity index (χ4v) is 2.39.